The first kappa shape index (κ1) is 12.3. The van der Waals surface area contributed by atoms with Crippen LogP contribution in [0.15, 0.2) is 18.3 Å². The third-order valence-corrected chi connectivity index (χ3v) is 3.32. The molecule has 2 rings (SSSR count). The molecule has 0 N–H and O–H groups in total. The highest BCUT2D eigenvalue weighted by Crippen LogP contribution is 2.28. The molecule has 1 fully saturated rings. The van der Waals surface area contributed by atoms with Crippen LogP contribution in [0.5, 0.6) is 5.88 Å². The molecule has 0 aliphatic heterocycles. The third kappa shape index (κ3) is 3.14. The third-order valence-electron chi connectivity index (χ3n) is 3.32. The number of aromatic nitrogens is 1. The number of halogens is 2. The monoisotopic (exact) mass is 241 g/mol. The van der Waals surface area contributed by atoms with E-state index in [2.05, 4.69) is 11.9 Å². The minimum absolute atomic E-state index is 0.0611. The van der Waals surface area contributed by atoms with Gasteiger partial charge in [-0.05, 0) is 31.2 Å². The highest BCUT2D eigenvalue weighted by molar-refractivity contribution is 5.18. The number of pyridine rings is 1. The van der Waals surface area contributed by atoms with Gasteiger partial charge in [-0.3, -0.25) is 0 Å². The Kier molecular flexibility index (Phi) is 3.92. The summed E-state index contributed by atoms with van der Waals surface area (Å²) >= 11 is 0. The maximum absolute atomic E-state index is 12.3. The number of hydrogen-bond donors (Lipinski definition) is 0. The fourth-order valence-corrected chi connectivity index (χ4v) is 2.20. The summed E-state index contributed by atoms with van der Waals surface area (Å²) in [6.07, 6.45) is 3.51. The molecule has 1 aromatic rings. The van der Waals surface area contributed by atoms with E-state index in [0.29, 0.717) is 11.8 Å². The molecule has 2 nitrogen and oxygen atoms in total. The molecule has 4 heteroatoms. The minimum atomic E-state index is -2.47. The molecule has 1 aliphatic carbocycles. The van der Waals surface area contributed by atoms with Gasteiger partial charge in [0.2, 0.25) is 5.88 Å². The average Bonchev–Trinajstić information content (AvgIpc) is 2.33. The zero-order chi connectivity index (χ0) is 12.3. The van der Waals surface area contributed by atoms with Crippen LogP contribution in [0.25, 0.3) is 0 Å². The molecule has 94 valence electrons. The Morgan fingerprint density at radius 1 is 1.29 bits per heavy atom. The Bertz CT molecular complexity index is 353. The summed E-state index contributed by atoms with van der Waals surface area (Å²) in [6, 6.07) is 2.91. The largest absolute Gasteiger partial charge is 0.474 e. The maximum Gasteiger partial charge on any atom is 0.265 e. The molecule has 0 bridgehead atoms. The standard InChI is InChI=1S/C13H17F2NO/c1-9-4-2-3-5-11(9)17-12-7-6-10(8-16-12)13(14)15/h6-9,11,13H,2-5H2,1H3/t9-,11+/m1/s1. The van der Waals surface area contributed by atoms with E-state index in [0.717, 1.165) is 6.42 Å². The van der Waals surface area contributed by atoms with Crippen molar-refractivity contribution in [3.63, 3.8) is 0 Å². The number of alkyl halides is 2. The van der Waals surface area contributed by atoms with Gasteiger partial charge in [-0.15, -0.1) is 0 Å². The lowest BCUT2D eigenvalue weighted by atomic mass is 9.88. The topological polar surface area (TPSA) is 22.1 Å². The van der Waals surface area contributed by atoms with Crippen molar-refractivity contribution in [2.45, 2.75) is 45.1 Å². The summed E-state index contributed by atoms with van der Waals surface area (Å²) in [5.74, 6) is 0.966. The lowest BCUT2D eigenvalue weighted by Gasteiger charge is -2.28. The van der Waals surface area contributed by atoms with Crippen molar-refractivity contribution in [3.05, 3.63) is 23.9 Å². The first-order valence-corrected chi connectivity index (χ1v) is 6.07. The predicted molar refractivity (Wildman–Crippen MR) is 61.2 cm³/mol. The van der Waals surface area contributed by atoms with Gasteiger partial charge in [-0.2, -0.15) is 0 Å². The summed E-state index contributed by atoms with van der Waals surface area (Å²) in [5.41, 5.74) is -0.0611. The first-order valence-electron chi connectivity index (χ1n) is 6.07. The van der Waals surface area contributed by atoms with Gasteiger partial charge in [0.1, 0.15) is 6.10 Å². The number of nitrogens with zero attached hydrogens (tertiary/aromatic N) is 1. The van der Waals surface area contributed by atoms with Gasteiger partial charge in [0.05, 0.1) is 0 Å². The van der Waals surface area contributed by atoms with Crippen molar-refractivity contribution < 1.29 is 13.5 Å². The van der Waals surface area contributed by atoms with E-state index >= 15 is 0 Å². The maximum atomic E-state index is 12.3. The summed E-state index contributed by atoms with van der Waals surface area (Å²) < 4.78 is 30.4. The van der Waals surface area contributed by atoms with Crippen LogP contribution in [0.3, 0.4) is 0 Å². The molecule has 17 heavy (non-hydrogen) atoms. The van der Waals surface area contributed by atoms with Crippen molar-refractivity contribution in [1.29, 1.82) is 0 Å². The molecule has 0 radical (unpaired) electrons. The van der Waals surface area contributed by atoms with Crippen LogP contribution in [0, 0.1) is 5.92 Å². The Hall–Kier alpha value is -1.19. The molecule has 1 saturated carbocycles. The van der Waals surface area contributed by atoms with E-state index in [4.69, 9.17) is 4.74 Å². The summed E-state index contributed by atoms with van der Waals surface area (Å²) in [6.45, 7) is 2.16. The molecule has 2 atom stereocenters. The van der Waals surface area contributed by atoms with Gasteiger partial charge in [0.25, 0.3) is 6.43 Å². The minimum Gasteiger partial charge on any atom is -0.474 e. The van der Waals surface area contributed by atoms with Crippen LogP contribution < -0.4 is 4.74 Å². The first-order chi connectivity index (χ1) is 8.16. The fraction of sp³-hybridized carbons (Fsp3) is 0.615. The molecule has 0 spiro atoms. The SMILES string of the molecule is C[C@@H]1CCCC[C@@H]1Oc1ccc(C(F)F)cn1. The highest BCUT2D eigenvalue weighted by Gasteiger charge is 2.23. The van der Waals surface area contributed by atoms with Crippen LogP contribution >= 0.6 is 0 Å². The Morgan fingerprint density at radius 3 is 2.65 bits per heavy atom. The van der Waals surface area contributed by atoms with Gasteiger partial charge in [-0.1, -0.05) is 13.3 Å². The van der Waals surface area contributed by atoms with Crippen LogP contribution in [0.1, 0.15) is 44.6 Å². The van der Waals surface area contributed by atoms with Crippen molar-refractivity contribution in [3.8, 4) is 5.88 Å². The van der Waals surface area contributed by atoms with Gasteiger partial charge in [-0.25, -0.2) is 13.8 Å². The number of rotatable bonds is 3. The molecule has 1 aromatic heterocycles. The predicted octanol–water partition coefficient (Wildman–Crippen LogP) is 3.98. The molecular formula is C13H17F2NO. The van der Waals surface area contributed by atoms with Crippen molar-refractivity contribution in [1.82, 2.24) is 4.98 Å². The fourth-order valence-electron chi connectivity index (χ4n) is 2.20. The van der Waals surface area contributed by atoms with E-state index in [1.54, 1.807) is 0 Å². The van der Waals surface area contributed by atoms with E-state index in [9.17, 15) is 8.78 Å². The van der Waals surface area contributed by atoms with Crippen molar-refractivity contribution in [2.24, 2.45) is 5.92 Å². The molecular weight excluding hydrogens is 224 g/mol. The highest BCUT2D eigenvalue weighted by atomic mass is 19.3. The van der Waals surface area contributed by atoms with Crippen molar-refractivity contribution in [2.75, 3.05) is 0 Å². The Labute approximate surface area is 100 Å². The molecule has 0 aromatic carbocycles. The lowest BCUT2D eigenvalue weighted by molar-refractivity contribution is 0.0971. The molecule has 0 saturated heterocycles. The van der Waals surface area contributed by atoms with Crippen LogP contribution in [0.4, 0.5) is 8.78 Å². The molecule has 0 unspecified atom stereocenters. The van der Waals surface area contributed by atoms with Crippen LogP contribution in [-0.4, -0.2) is 11.1 Å². The Morgan fingerprint density at radius 2 is 2.06 bits per heavy atom. The summed E-state index contributed by atoms with van der Waals surface area (Å²) in [7, 11) is 0. The van der Waals surface area contributed by atoms with Gasteiger partial charge in [0.15, 0.2) is 0 Å². The quantitative estimate of drug-likeness (QED) is 0.798. The molecule has 0 amide bonds. The average molecular weight is 241 g/mol. The van der Waals surface area contributed by atoms with Gasteiger partial charge in [0, 0.05) is 17.8 Å². The van der Waals surface area contributed by atoms with E-state index in [1.807, 2.05) is 0 Å². The van der Waals surface area contributed by atoms with E-state index < -0.39 is 6.43 Å². The smallest absolute Gasteiger partial charge is 0.265 e. The van der Waals surface area contributed by atoms with Crippen LogP contribution in [0.2, 0.25) is 0 Å². The number of hydrogen-bond acceptors (Lipinski definition) is 2. The van der Waals surface area contributed by atoms with E-state index in [-0.39, 0.29) is 11.7 Å². The Balaban J connectivity index is 1.98. The van der Waals surface area contributed by atoms with E-state index in [1.165, 1.54) is 37.6 Å². The second-order valence-electron chi connectivity index (χ2n) is 4.65. The van der Waals surface area contributed by atoms with Gasteiger partial charge < -0.3 is 4.74 Å². The summed E-state index contributed by atoms with van der Waals surface area (Å²) in [5, 5.41) is 0. The number of ether oxygens (including phenoxy) is 1. The summed E-state index contributed by atoms with van der Waals surface area (Å²) in [4.78, 5) is 3.93. The zero-order valence-electron chi connectivity index (χ0n) is 9.90. The van der Waals surface area contributed by atoms with Crippen LogP contribution in [-0.2, 0) is 0 Å². The second kappa shape index (κ2) is 5.43. The van der Waals surface area contributed by atoms with Gasteiger partial charge >= 0.3 is 0 Å². The lowest BCUT2D eigenvalue weighted by Crippen LogP contribution is -2.28. The molecule has 1 heterocycles. The molecule has 1 aliphatic rings. The second-order valence-corrected chi connectivity index (χ2v) is 4.65. The zero-order valence-corrected chi connectivity index (χ0v) is 9.90. The normalized spacial score (nSPS) is 24.9. The van der Waals surface area contributed by atoms with Crippen molar-refractivity contribution >= 4 is 0 Å².